The molecule has 1 aliphatic heterocycles. The number of hydrogen-bond donors (Lipinski definition) is 0. The van der Waals surface area contributed by atoms with Gasteiger partial charge in [-0.3, -0.25) is 14.2 Å². The van der Waals surface area contributed by atoms with Crippen molar-refractivity contribution < 1.29 is 9.53 Å². The van der Waals surface area contributed by atoms with Crippen LogP contribution in [0, 0.1) is 13.8 Å². The Morgan fingerprint density at radius 1 is 1.06 bits per heavy atom. The number of rotatable bonds is 4. The number of aromatic nitrogens is 3. The lowest BCUT2D eigenvalue weighted by atomic mass is 10.1. The van der Waals surface area contributed by atoms with Gasteiger partial charge in [0.15, 0.2) is 0 Å². The van der Waals surface area contributed by atoms with Crippen LogP contribution in [-0.4, -0.2) is 51.5 Å². The minimum absolute atomic E-state index is 0.0237. The topological polar surface area (TPSA) is 86.4 Å². The molecule has 0 bridgehead atoms. The van der Waals surface area contributed by atoms with E-state index in [4.69, 9.17) is 16.3 Å². The summed E-state index contributed by atoms with van der Waals surface area (Å²) in [4.78, 5) is 41.3. The maximum absolute atomic E-state index is 13.3. The molecule has 4 rings (SSSR count). The molecule has 3 aromatic rings. The van der Waals surface area contributed by atoms with E-state index in [9.17, 15) is 14.4 Å². The van der Waals surface area contributed by atoms with Crippen molar-refractivity contribution in [3.8, 4) is 5.69 Å². The van der Waals surface area contributed by atoms with Crippen molar-refractivity contribution in [3.63, 3.8) is 0 Å². The van der Waals surface area contributed by atoms with E-state index in [-0.39, 0.29) is 12.2 Å². The molecule has 2 heterocycles. The van der Waals surface area contributed by atoms with Crippen LogP contribution in [0.1, 0.15) is 27.2 Å². The van der Waals surface area contributed by atoms with Gasteiger partial charge in [0.1, 0.15) is 0 Å². The minimum atomic E-state index is -0.718. The van der Waals surface area contributed by atoms with Gasteiger partial charge in [0.25, 0.3) is 11.5 Å². The zero-order valence-electron chi connectivity index (χ0n) is 17.9. The molecular formula is C23H23ClN4O4. The van der Waals surface area contributed by atoms with Gasteiger partial charge in [0.05, 0.1) is 25.4 Å². The number of morpholine rings is 1. The van der Waals surface area contributed by atoms with Crippen molar-refractivity contribution in [1.82, 2.24) is 19.2 Å². The highest BCUT2D eigenvalue weighted by Crippen LogP contribution is 2.18. The Bertz CT molecular complexity index is 1290. The van der Waals surface area contributed by atoms with Crippen molar-refractivity contribution in [2.75, 3.05) is 26.3 Å². The molecular weight excluding hydrogens is 432 g/mol. The highest BCUT2D eigenvalue weighted by atomic mass is 35.5. The summed E-state index contributed by atoms with van der Waals surface area (Å²) in [5.41, 5.74) is 1.27. The van der Waals surface area contributed by atoms with E-state index in [1.165, 1.54) is 4.90 Å². The van der Waals surface area contributed by atoms with Gasteiger partial charge in [0, 0.05) is 18.1 Å². The Hall–Kier alpha value is -3.23. The molecule has 0 spiro atoms. The Morgan fingerprint density at radius 3 is 2.47 bits per heavy atom. The van der Waals surface area contributed by atoms with Crippen LogP contribution < -0.4 is 11.2 Å². The largest absolute Gasteiger partial charge is 0.378 e. The fraction of sp³-hybridized carbons (Fsp3) is 0.304. The lowest BCUT2D eigenvalue weighted by Crippen LogP contribution is -2.48. The monoisotopic (exact) mass is 454 g/mol. The number of benzene rings is 2. The molecule has 0 aliphatic carbocycles. The van der Waals surface area contributed by atoms with E-state index in [0.29, 0.717) is 37.0 Å². The molecule has 1 saturated heterocycles. The fourth-order valence-corrected chi connectivity index (χ4v) is 3.72. The first-order chi connectivity index (χ1) is 15.4. The third-order valence-electron chi connectivity index (χ3n) is 5.55. The van der Waals surface area contributed by atoms with Crippen molar-refractivity contribution in [2.45, 2.75) is 20.4 Å². The lowest BCUT2D eigenvalue weighted by molar-refractivity contribution is 0.0295. The molecule has 1 fully saturated rings. The third-order valence-corrected chi connectivity index (χ3v) is 5.96. The van der Waals surface area contributed by atoms with Crippen LogP contribution in [0.3, 0.4) is 0 Å². The van der Waals surface area contributed by atoms with E-state index in [2.05, 4.69) is 5.10 Å². The van der Waals surface area contributed by atoms with Gasteiger partial charge < -0.3 is 9.64 Å². The highest BCUT2D eigenvalue weighted by molar-refractivity contribution is 6.31. The zero-order valence-corrected chi connectivity index (χ0v) is 18.6. The molecule has 8 nitrogen and oxygen atoms in total. The highest BCUT2D eigenvalue weighted by Gasteiger charge is 2.26. The third kappa shape index (κ3) is 4.24. The van der Waals surface area contributed by atoms with E-state index in [1.807, 2.05) is 38.1 Å². The second-order valence-corrected chi connectivity index (χ2v) is 8.11. The molecule has 0 saturated carbocycles. The second-order valence-electron chi connectivity index (χ2n) is 7.70. The lowest BCUT2D eigenvalue weighted by Gasteiger charge is -2.26. The van der Waals surface area contributed by atoms with Gasteiger partial charge in [-0.1, -0.05) is 41.9 Å². The van der Waals surface area contributed by atoms with Crippen LogP contribution in [0.25, 0.3) is 5.69 Å². The number of halogens is 1. The maximum atomic E-state index is 13.3. The van der Waals surface area contributed by atoms with Crippen molar-refractivity contribution in [3.05, 3.63) is 90.7 Å². The van der Waals surface area contributed by atoms with Crippen LogP contribution in [0.5, 0.6) is 0 Å². The van der Waals surface area contributed by atoms with E-state index >= 15 is 0 Å². The predicted octanol–water partition coefficient (Wildman–Crippen LogP) is 2.19. The number of nitrogens with zero attached hydrogens (tertiary/aromatic N) is 4. The number of ether oxygens (including phenoxy) is 1. The van der Waals surface area contributed by atoms with Crippen LogP contribution >= 0.6 is 11.6 Å². The number of amides is 1. The summed E-state index contributed by atoms with van der Waals surface area (Å²) in [7, 11) is 0. The van der Waals surface area contributed by atoms with Gasteiger partial charge >= 0.3 is 5.69 Å². The summed E-state index contributed by atoms with van der Waals surface area (Å²) in [5.74, 6) is -0.524. The van der Waals surface area contributed by atoms with Crippen molar-refractivity contribution in [2.24, 2.45) is 0 Å². The Kier molecular flexibility index (Phi) is 6.25. The molecule has 0 N–H and O–H groups in total. The summed E-state index contributed by atoms with van der Waals surface area (Å²) in [6, 6.07) is 12.5. The Labute approximate surface area is 189 Å². The quantitative estimate of drug-likeness (QED) is 0.603. The summed E-state index contributed by atoms with van der Waals surface area (Å²) in [6.07, 6.45) is 0. The average Bonchev–Trinajstić information content (AvgIpc) is 2.80. The number of carbonyl (C=O) groups excluding carboxylic acids is 1. The Balaban J connectivity index is 1.90. The molecule has 0 atom stereocenters. The van der Waals surface area contributed by atoms with Gasteiger partial charge in [-0.25, -0.2) is 4.79 Å². The summed E-state index contributed by atoms with van der Waals surface area (Å²) in [6.45, 7) is 5.25. The van der Waals surface area contributed by atoms with Gasteiger partial charge in [-0.15, -0.1) is 0 Å². The summed E-state index contributed by atoms with van der Waals surface area (Å²) >= 11 is 6.26. The molecule has 1 amide bonds. The molecule has 9 heteroatoms. The molecule has 32 heavy (non-hydrogen) atoms. The number of hydrogen-bond acceptors (Lipinski definition) is 5. The van der Waals surface area contributed by atoms with Crippen LogP contribution in [0.2, 0.25) is 5.02 Å². The first-order valence-corrected chi connectivity index (χ1v) is 10.7. The second kappa shape index (κ2) is 9.10. The summed E-state index contributed by atoms with van der Waals surface area (Å²) < 4.78 is 7.42. The fourth-order valence-electron chi connectivity index (χ4n) is 3.54. The predicted molar refractivity (Wildman–Crippen MR) is 121 cm³/mol. The maximum Gasteiger partial charge on any atom is 0.352 e. The SMILES string of the molecule is Cc1ccc(-n2nc(C(=O)N3CCOCC3)c(=O)n(Cc3ccccc3C)c2=O)cc1Cl. The zero-order chi connectivity index (χ0) is 22.8. The van der Waals surface area contributed by atoms with Crippen LogP contribution in [0.4, 0.5) is 0 Å². The van der Waals surface area contributed by atoms with Crippen LogP contribution in [-0.2, 0) is 11.3 Å². The van der Waals surface area contributed by atoms with Gasteiger partial charge in [0.2, 0.25) is 5.69 Å². The minimum Gasteiger partial charge on any atom is -0.378 e. The molecule has 1 aromatic heterocycles. The Morgan fingerprint density at radius 2 is 1.78 bits per heavy atom. The molecule has 2 aromatic carbocycles. The molecule has 166 valence electrons. The van der Waals surface area contributed by atoms with Crippen LogP contribution in [0.15, 0.2) is 52.1 Å². The smallest absolute Gasteiger partial charge is 0.352 e. The molecule has 1 aliphatic rings. The molecule has 0 radical (unpaired) electrons. The normalized spacial score (nSPS) is 13.9. The standard InChI is InChI=1S/C23H23ClN4O4/c1-15-5-3-4-6-17(15)14-27-22(30)20(21(29)26-9-11-32-12-10-26)25-28(23(27)31)18-8-7-16(2)19(24)13-18/h3-8,13H,9-12,14H2,1-2H3. The number of carbonyl (C=O) groups is 1. The van der Waals surface area contributed by atoms with Crippen molar-refractivity contribution >= 4 is 17.5 Å². The van der Waals surface area contributed by atoms with E-state index in [1.54, 1.807) is 18.2 Å². The summed E-state index contributed by atoms with van der Waals surface area (Å²) in [5, 5.41) is 4.65. The first kappa shape index (κ1) is 22.0. The average molecular weight is 455 g/mol. The van der Waals surface area contributed by atoms with E-state index < -0.39 is 17.2 Å². The number of aryl methyl sites for hydroxylation is 2. The van der Waals surface area contributed by atoms with Gasteiger partial charge in [-0.05, 0) is 42.7 Å². The first-order valence-electron chi connectivity index (χ1n) is 10.3. The molecule has 0 unspecified atom stereocenters. The van der Waals surface area contributed by atoms with E-state index in [0.717, 1.165) is 25.9 Å². The van der Waals surface area contributed by atoms with Gasteiger partial charge in [-0.2, -0.15) is 9.78 Å². The van der Waals surface area contributed by atoms with Crippen molar-refractivity contribution in [1.29, 1.82) is 0 Å².